The minimum Gasteiger partial charge on any atom is -0.504 e. The number of halogens is 1. The molecule has 0 bridgehead atoms. The number of rotatable bonds is 7. The molecule has 37 heavy (non-hydrogen) atoms. The monoisotopic (exact) mass is 538 g/mol. The molecule has 2 aromatic carbocycles. The molecule has 192 valence electrons. The summed E-state index contributed by atoms with van der Waals surface area (Å²) in [6, 6.07) is 9.73. The van der Waals surface area contributed by atoms with Crippen LogP contribution in [0.15, 0.2) is 70.1 Å². The number of aromatic nitrogens is 1. The molecule has 4 rings (SSSR count). The highest BCUT2D eigenvalue weighted by Crippen LogP contribution is 2.33. The summed E-state index contributed by atoms with van der Waals surface area (Å²) in [5.74, 6) is -0.192. The lowest BCUT2D eigenvalue weighted by Crippen LogP contribution is -2.40. The summed E-state index contributed by atoms with van der Waals surface area (Å²) in [7, 11) is 1.47. The highest BCUT2D eigenvalue weighted by Gasteiger charge is 2.33. The van der Waals surface area contributed by atoms with E-state index >= 15 is 0 Å². The van der Waals surface area contributed by atoms with Gasteiger partial charge < -0.3 is 14.6 Å². The molecule has 0 saturated heterocycles. The maximum Gasteiger partial charge on any atom is 0.338 e. The molecular weight excluding hydrogens is 512 g/mol. The van der Waals surface area contributed by atoms with Gasteiger partial charge in [0, 0.05) is 10.6 Å². The molecule has 1 N–H and O–H groups in total. The van der Waals surface area contributed by atoms with Gasteiger partial charge in [0.2, 0.25) is 0 Å². The Kier molecular flexibility index (Phi) is 7.71. The van der Waals surface area contributed by atoms with Crippen LogP contribution in [0.2, 0.25) is 5.02 Å². The summed E-state index contributed by atoms with van der Waals surface area (Å²) in [5.41, 5.74) is 2.49. The van der Waals surface area contributed by atoms with Gasteiger partial charge in [-0.05, 0) is 68.7 Å². The first-order valence-electron chi connectivity index (χ1n) is 11.6. The molecule has 0 radical (unpaired) electrons. The molecule has 1 aliphatic rings. The second kappa shape index (κ2) is 10.8. The number of nitrogens with zero attached hydrogens (tertiary/aromatic N) is 2. The average molecular weight is 539 g/mol. The molecule has 1 aliphatic heterocycles. The van der Waals surface area contributed by atoms with E-state index in [0.717, 1.165) is 0 Å². The highest BCUT2D eigenvalue weighted by molar-refractivity contribution is 7.07. The number of ether oxygens (including phenoxy) is 2. The number of benzene rings is 2. The number of hydrogen-bond donors (Lipinski definition) is 1. The third-order valence-corrected chi connectivity index (χ3v) is 7.06. The van der Waals surface area contributed by atoms with Crippen LogP contribution >= 0.6 is 22.9 Å². The van der Waals surface area contributed by atoms with Gasteiger partial charge in [-0.3, -0.25) is 9.36 Å². The summed E-state index contributed by atoms with van der Waals surface area (Å²) in [6.07, 6.45) is 3.50. The van der Waals surface area contributed by atoms with E-state index in [1.165, 1.54) is 23.0 Å². The molecule has 7 nitrogen and oxygen atoms in total. The molecular formula is C28H27ClN2O5S. The van der Waals surface area contributed by atoms with Crippen molar-refractivity contribution in [3.05, 3.63) is 102 Å². The van der Waals surface area contributed by atoms with E-state index in [1.54, 1.807) is 69.3 Å². The molecule has 0 fully saturated rings. The second-order valence-corrected chi connectivity index (χ2v) is 10.3. The Morgan fingerprint density at radius 1 is 1.30 bits per heavy atom. The third-order valence-electron chi connectivity index (χ3n) is 5.83. The van der Waals surface area contributed by atoms with Crippen molar-refractivity contribution in [1.82, 2.24) is 4.57 Å². The van der Waals surface area contributed by atoms with E-state index in [-0.39, 0.29) is 17.4 Å². The second-order valence-electron chi connectivity index (χ2n) is 8.81. The fraction of sp³-hybridized carbons (Fsp3) is 0.250. The van der Waals surface area contributed by atoms with Gasteiger partial charge in [-0.1, -0.05) is 41.1 Å². The first-order valence-corrected chi connectivity index (χ1v) is 12.8. The fourth-order valence-corrected chi connectivity index (χ4v) is 5.38. The van der Waals surface area contributed by atoms with Crippen LogP contribution in [-0.2, 0) is 16.0 Å². The number of thiazole rings is 1. The van der Waals surface area contributed by atoms with Crippen molar-refractivity contribution in [2.24, 2.45) is 4.99 Å². The van der Waals surface area contributed by atoms with Crippen LogP contribution in [0.5, 0.6) is 11.5 Å². The molecule has 1 atom stereocenters. The van der Waals surface area contributed by atoms with Gasteiger partial charge in [0.15, 0.2) is 16.3 Å². The number of allylic oxidation sites excluding steroid dienone is 2. The summed E-state index contributed by atoms with van der Waals surface area (Å²) in [6.45, 7) is 9.02. The predicted octanol–water partition coefficient (Wildman–Crippen LogP) is 4.28. The highest BCUT2D eigenvalue weighted by atomic mass is 35.5. The number of phenols is 1. The van der Waals surface area contributed by atoms with E-state index in [1.807, 2.05) is 0 Å². The van der Waals surface area contributed by atoms with E-state index in [9.17, 15) is 14.7 Å². The molecule has 0 saturated carbocycles. The van der Waals surface area contributed by atoms with Gasteiger partial charge >= 0.3 is 5.97 Å². The zero-order valence-electron chi connectivity index (χ0n) is 20.9. The number of fused-ring (bicyclic) bond motifs is 1. The lowest BCUT2D eigenvalue weighted by molar-refractivity contribution is -0.143. The average Bonchev–Trinajstić information content (AvgIpc) is 3.14. The minimum atomic E-state index is -0.729. The summed E-state index contributed by atoms with van der Waals surface area (Å²) in [4.78, 5) is 32.0. The largest absolute Gasteiger partial charge is 0.504 e. The number of carbonyl (C=O) groups is 1. The van der Waals surface area contributed by atoms with Crippen LogP contribution in [0.4, 0.5) is 0 Å². The van der Waals surface area contributed by atoms with Gasteiger partial charge in [0.25, 0.3) is 5.56 Å². The van der Waals surface area contributed by atoms with Crippen molar-refractivity contribution in [3.8, 4) is 11.5 Å². The number of carbonyl (C=O) groups excluding carboxylic acids is 1. The summed E-state index contributed by atoms with van der Waals surface area (Å²) in [5, 5.41) is 11.0. The van der Waals surface area contributed by atoms with Crippen molar-refractivity contribution in [2.45, 2.75) is 39.3 Å². The smallest absolute Gasteiger partial charge is 0.338 e. The lowest BCUT2D eigenvalue weighted by atomic mass is 9.96. The van der Waals surface area contributed by atoms with Gasteiger partial charge in [-0.25, -0.2) is 9.79 Å². The molecule has 2 heterocycles. The zero-order valence-corrected chi connectivity index (χ0v) is 22.5. The van der Waals surface area contributed by atoms with Crippen molar-refractivity contribution in [3.63, 3.8) is 0 Å². The van der Waals surface area contributed by atoms with Crippen LogP contribution in [-0.4, -0.2) is 28.9 Å². The number of aromatic hydroxyl groups is 1. The zero-order chi connectivity index (χ0) is 26.9. The molecule has 9 heteroatoms. The van der Waals surface area contributed by atoms with Crippen molar-refractivity contribution in [1.29, 1.82) is 0 Å². The standard InChI is InChI=1S/C28H27ClN2O5S/c1-6-7-19-12-17(13-21(35-5)25(19)32)14-22-26(33)31-24(18-8-10-20(29)11-9-18)23(27(34)36-15(2)3)16(4)30-28(31)37-22/h6,8-15,24,32H,1,7H2,2-5H3/b22-14+/t24-/m0/s1. The number of phenolic OH excluding ortho intramolecular Hbond substituents is 1. The van der Waals surface area contributed by atoms with Crippen LogP contribution in [0.3, 0.4) is 0 Å². The quantitative estimate of drug-likeness (QED) is 0.358. The fourth-order valence-electron chi connectivity index (χ4n) is 4.21. The first-order chi connectivity index (χ1) is 17.6. The van der Waals surface area contributed by atoms with E-state index in [2.05, 4.69) is 11.6 Å². The molecule has 0 unspecified atom stereocenters. The Labute approximate surface area is 223 Å². The maximum absolute atomic E-state index is 13.8. The number of methoxy groups -OCH3 is 1. The summed E-state index contributed by atoms with van der Waals surface area (Å²) < 4.78 is 12.8. The van der Waals surface area contributed by atoms with Crippen molar-refractivity contribution in [2.75, 3.05) is 7.11 Å². The molecule has 1 aromatic heterocycles. The first kappa shape index (κ1) is 26.4. The third kappa shape index (κ3) is 5.26. The van der Waals surface area contributed by atoms with Crippen LogP contribution < -0.4 is 19.6 Å². The van der Waals surface area contributed by atoms with Gasteiger partial charge in [-0.2, -0.15) is 0 Å². The number of esters is 1. The van der Waals surface area contributed by atoms with Crippen LogP contribution in [0, 0.1) is 0 Å². The summed E-state index contributed by atoms with van der Waals surface area (Å²) >= 11 is 7.34. The predicted molar refractivity (Wildman–Crippen MR) is 145 cm³/mol. The molecule has 0 spiro atoms. The number of hydrogen-bond acceptors (Lipinski definition) is 7. The maximum atomic E-state index is 13.8. The molecule has 0 aliphatic carbocycles. The van der Waals surface area contributed by atoms with Gasteiger partial charge in [0.05, 0.1) is 35.1 Å². The Bertz CT molecular complexity index is 1580. The van der Waals surface area contributed by atoms with E-state index in [4.69, 9.17) is 21.1 Å². The lowest BCUT2D eigenvalue weighted by Gasteiger charge is -2.25. The van der Waals surface area contributed by atoms with Crippen LogP contribution in [0.25, 0.3) is 6.08 Å². The van der Waals surface area contributed by atoms with Crippen molar-refractivity contribution < 1.29 is 19.4 Å². The van der Waals surface area contributed by atoms with Crippen LogP contribution in [0.1, 0.15) is 43.5 Å². The topological polar surface area (TPSA) is 90.1 Å². The van der Waals surface area contributed by atoms with E-state index < -0.39 is 12.0 Å². The van der Waals surface area contributed by atoms with Gasteiger partial charge in [-0.15, -0.1) is 6.58 Å². The van der Waals surface area contributed by atoms with E-state index in [0.29, 0.717) is 54.5 Å². The normalized spacial score (nSPS) is 15.4. The molecule has 3 aromatic rings. The van der Waals surface area contributed by atoms with Crippen molar-refractivity contribution >= 4 is 35.0 Å². The Balaban J connectivity index is 1.94. The minimum absolute atomic E-state index is 0.0349. The Morgan fingerprint density at radius 2 is 2.00 bits per heavy atom. The van der Waals surface area contributed by atoms with Gasteiger partial charge in [0.1, 0.15) is 0 Å². The Hall–Kier alpha value is -3.62. The SMILES string of the molecule is C=CCc1cc(/C=c2/sc3n(c2=O)[C@@H](c2ccc(Cl)cc2)C(C(=O)OC(C)C)=C(C)N=3)cc(OC)c1O. The Morgan fingerprint density at radius 3 is 2.62 bits per heavy atom. The molecule has 0 amide bonds.